The van der Waals surface area contributed by atoms with Crippen molar-refractivity contribution < 1.29 is 9.28 Å². The molecule has 4 heterocycles. The van der Waals surface area contributed by atoms with Crippen LogP contribution in [0.4, 0.5) is 11.6 Å². The molecular formula is C24H35BrN7O+. The summed E-state index contributed by atoms with van der Waals surface area (Å²) in [6, 6.07) is 11.1. The van der Waals surface area contributed by atoms with E-state index in [9.17, 15) is 4.79 Å². The molecule has 5 rings (SSSR count). The Morgan fingerprint density at radius 1 is 1.15 bits per heavy atom. The van der Waals surface area contributed by atoms with E-state index in [0.29, 0.717) is 0 Å². The second-order valence-electron chi connectivity index (χ2n) is 9.19. The van der Waals surface area contributed by atoms with Crippen LogP contribution in [0.1, 0.15) is 55.6 Å². The molecule has 3 fully saturated rings. The van der Waals surface area contributed by atoms with Crippen LogP contribution in [0.3, 0.4) is 0 Å². The Kier molecular flexibility index (Phi) is 8.42. The minimum absolute atomic E-state index is 0.0781. The summed E-state index contributed by atoms with van der Waals surface area (Å²) in [4.78, 5) is 22.5. The Morgan fingerprint density at radius 3 is 2.42 bits per heavy atom. The number of benzene rings is 1. The maximum atomic E-state index is 11.4. The summed E-state index contributed by atoms with van der Waals surface area (Å²) in [6.45, 7) is 9.41. The summed E-state index contributed by atoms with van der Waals surface area (Å²) in [5.41, 5.74) is 17.6. The van der Waals surface area contributed by atoms with Crippen LogP contribution < -0.4 is 17.2 Å². The minimum Gasteiger partial charge on any atom is -0.387 e. The number of anilines is 2. The SMILES string of the molecule is CC(N)=NC(=O)c1nc(Br)c(N)nc1N.CCC[C@@H]1C[N+]2(Cc3ccccc3)CCC1CC2. The number of carbonyl (C=O) groups is 1. The molecule has 2 aromatic rings. The summed E-state index contributed by atoms with van der Waals surface area (Å²) in [5, 5.41) is 0. The fraction of sp³-hybridized carbons (Fsp3) is 0.500. The van der Waals surface area contributed by atoms with Gasteiger partial charge in [-0.3, -0.25) is 4.79 Å². The van der Waals surface area contributed by atoms with Gasteiger partial charge in [0.2, 0.25) is 0 Å². The standard InChI is InChI=1S/C17H26N.C7H9BrN6O/c1-2-6-17-14-18(11-9-16(17)10-12-18)13-15-7-4-3-5-8-15;1-2(9)12-7(15)3-5(10)14-6(11)4(8)13-3/h3-5,7-8,16-17H,2,6,9-14H2,1H3;1H3,(H2,9,12,15)(H4,10,11,14)/q+1;/t16?,17-,18?;/m1./s1. The van der Waals surface area contributed by atoms with Gasteiger partial charge in [-0.05, 0) is 35.2 Å². The highest BCUT2D eigenvalue weighted by atomic mass is 79.9. The van der Waals surface area contributed by atoms with Gasteiger partial charge in [-0.2, -0.15) is 4.99 Å². The number of piperidine rings is 3. The third-order valence-corrected chi connectivity index (χ3v) is 7.23. The van der Waals surface area contributed by atoms with E-state index in [1.165, 1.54) is 68.8 Å². The molecule has 6 N–H and O–H groups in total. The molecule has 8 nitrogen and oxygen atoms in total. The van der Waals surface area contributed by atoms with Crippen molar-refractivity contribution in [3.8, 4) is 0 Å². The molecule has 3 aliphatic heterocycles. The van der Waals surface area contributed by atoms with Gasteiger partial charge >= 0.3 is 5.91 Å². The second-order valence-corrected chi connectivity index (χ2v) is 9.94. The van der Waals surface area contributed by atoms with Gasteiger partial charge in [0.1, 0.15) is 17.0 Å². The molecule has 1 atom stereocenters. The lowest BCUT2D eigenvalue weighted by Gasteiger charge is -2.53. The van der Waals surface area contributed by atoms with E-state index in [-0.39, 0.29) is 27.8 Å². The highest BCUT2D eigenvalue weighted by Crippen LogP contribution is 2.40. The Balaban J connectivity index is 0.000000190. The van der Waals surface area contributed by atoms with Gasteiger partial charge in [-0.1, -0.05) is 43.7 Å². The number of amidine groups is 1. The molecule has 3 aliphatic rings. The van der Waals surface area contributed by atoms with Crippen LogP contribution >= 0.6 is 15.9 Å². The number of hydrogen-bond donors (Lipinski definition) is 3. The van der Waals surface area contributed by atoms with Gasteiger partial charge in [-0.25, -0.2) is 9.97 Å². The molecule has 0 radical (unpaired) electrons. The fourth-order valence-electron chi connectivity index (χ4n) is 5.14. The molecule has 3 saturated heterocycles. The Hall–Kier alpha value is -2.52. The normalized spacial score (nSPS) is 24.2. The van der Waals surface area contributed by atoms with Crippen molar-refractivity contribution in [1.82, 2.24) is 9.97 Å². The van der Waals surface area contributed by atoms with Crippen molar-refractivity contribution in [2.45, 2.75) is 46.1 Å². The summed E-state index contributed by atoms with van der Waals surface area (Å²) in [7, 11) is 0. The molecule has 1 aromatic heterocycles. The average Bonchev–Trinajstić information content (AvgIpc) is 2.77. The minimum atomic E-state index is -0.652. The number of fused-ring (bicyclic) bond motifs is 3. The van der Waals surface area contributed by atoms with Crippen molar-refractivity contribution in [2.24, 2.45) is 22.6 Å². The van der Waals surface area contributed by atoms with Gasteiger partial charge in [0.25, 0.3) is 0 Å². The monoisotopic (exact) mass is 516 g/mol. The zero-order valence-corrected chi connectivity index (χ0v) is 21.1. The molecule has 1 amide bonds. The lowest BCUT2D eigenvalue weighted by Crippen LogP contribution is -2.61. The van der Waals surface area contributed by atoms with Gasteiger partial charge in [0.05, 0.1) is 19.6 Å². The molecule has 0 unspecified atom stereocenters. The largest absolute Gasteiger partial charge is 0.387 e. The zero-order chi connectivity index (χ0) is 24.0. The number of halogens is 1. The van der Waals surface area contributed by atoms with Crippen LogP contribution in [-0.4, -0.2) is 45.8 Å². The zero-order valence-electron chi connectivity index (χ0n) is 19.5. The number of aromatic nitrogens is 2. The number of nitrogen functional groups attached to an aromatic ring is 2. The summed E-state index contributed by atoms with van der Waals surface area (Å²) in [6.07, 6.45) is 5.79. The van der Waals surface area contributed by atoms with E-state index >= 15 is 0 Å². The van der Waals surface area contributed by atoms with E-state index < -0.39 is 5.91 Å². The highest BCUT2D eigenvalue weighted by molar-refractivity contribution is 9.10. The van der Waals surface area contributed by atoms with E-state index in [1.54, 1.807) is 0 Å². The van der Waals surface area contributed by atoms with Gasteiger partial charge in [0, 0.05) is 24.3 Å². The first kappa shape index (κ1) is 25.1. The maximum Gasteiger partial charge on any atom is 0.301 e. The maximum absolute atomic E-state index is 11.4. The van der Waals surface area contributed by atoms with E-state index in [0.717, 1.165) is 11.8 Å². The van der Waals surface area contributed by atoms with Crippen LogP contribution in [0, 0.1) is 11.8 Å². The quantitative estimate of drug-likeness (QED) is 0.314. The van der Waals surface area contributed by atoms with Crippen molar-refractivity contribution in [3.05, 3.63) is 46.2 Å². The Morgan fingerprint density at radius 2 is 1.82 bits per heavy atom. The first-order valence-corrected chi connectivity index (χ1v) is 12.3. The summed E-state index contributed by atoms with van der Waals surface area (Å²) < 4.78 is 1.62. The molecular weight excluding hydrogens is 482 g/mol. The van der Waals surface area contributed by atoms with E-state index in [1.807, 2.05) is 0 Å². The molecule has 2 bridgehead atoms. The molecule has 1 aromatic carbocycles. The van der Waals surface area contributed by atoms with E-state index in [4.69, 9.17) is 17.2 Å². The van der Waals surface area contributed by atoms with Gasteiger partial charge in [-0.15, -0.1) is 0 Å². The number of aliphatic imine (C=N–C) groups is 1. The topological polar surface area (TPSA) is 133 Å². The van der Waals surface area contributed by atoms with Gasteiger partial charge < -0.3 is 21.7 Å². The predicted molar refractivity (Wildman–Crippen MR) is 136 cm³/mol. The first-order chi connectivity index (χ1) is 15.7. The number of nitrogens with zero attached hydrogens (tertiary/aromatic N) is 4. The fourth-order valence-corrected chi connectivity index (χ4v) is 5.41. The lowest BCUT2D eigenvalue weighted by molar-refractivity contribution is -0.959. The molecule has 9 heteroatoms. The van der Waals surface area contributed by atoms with Gasteiger partial charge in [0.15, 0.2) is 17.3 Å². The van der Waals surface area contributed by atoms with Crippen molar-refractivity contribution in [2.75, 3.05) is 31.1 Å². The third kappa shape index (κ3) is 6.51. The average molecular weight is 517 g/mol. The smallest absolute Gasteiger partial charge is 0.301 e. The second kappa shape index (κ2) is 11.1. The van der Waals surface area contributed by atoms with Crippen LogP contribution in [0.15, 0.2) is 39.9 Å². The number of amides is 1. The van der Waals surface area contributed by atoms with E-state index in [2.05, 4.69) is 68.1 Å². The predicted octanol–water partition coefficient (Wildman–Crippen LogP) is 3.76. The summed E-state index contributed by atoms with van der Waals surface area (Å²) in [5.74, 6) is 1.57. The number of nitrogens with two attached hydrogens (primary N) is 3. The number of quaternary nitrogens is 1. The third-order valence-electron chi connectivity index (χ3n) is 6.64. The Bertz CT molecular complexity index is 984. The van der Waals surface area contributed by atoms with Crippen LogP contribution in [-0.2, 0) is 6.54 Å². The van der Waals surface area contributed by atoms with Crippen molar-refractivity contribution in [3.63, 3.8) is 0 Å². The number of rotatable bonds is 5. The Labute approximate surface area is 204 Å². The first-order valence-electron chi connectivity index (χ1n) is 11.6. The lowest BCUT2D eigenvalue weighted by atomic mass is 9.75. The van der Waals surface area contributed by atoms with Crippen molar-refractivity contribution in [1.29, 1.82) is 0 Å². The van der Waals surface area contributed by atoms with Crippen LogP contribution in [0.2, 0.25) is 0 Å². The molecule has 33 heavy (non-hydrogen) atoms. The number of carbonyl (C=O) groups excluding carboxylic acids is 1. The summed E-state index contributed by atoms with van der Waals surface area (Å²) >= 11 is 3.03. The molecule has 0 spiro atoms. The van der Waals surface area contributed by atoms with Crippen LogP contribution in [0.5, 0.6) is 0 Å². The highest BCUT2D eigenvalue weighted by Gasteiger charge is 2.45. The van der Waals surface area contributed by atoms with Crippen molar-refractivity contribution >= 4 is 39.3 Å². The molecule has 0 aliphatic carbocycles. The van der Waals surface area contributed by atoms with Crippen LogP contribution in [0.25, 0.3) is 0 Å². The number of hydrogen-bond acceptors (Lipinski definition) is 5. The molecule has 0 saturated carbocycles. The molecule has 178 valence electrons.